The molecule has 152 valence electrons. The lowest BCUT2D eigenvalue weighted by Crippen LogP contribution is -2.33. The first-order chi connectivity index (χ1) is 14.3. The minimum Gasteiger partial charge on any atom is -0.274 e. The van der Waals surface area contributed by atoms with Crippen molar-refractivity contribution in [3.8, 4) is 0 Å². The molecule has 2 aromatic rings. The van der Waals surface area contributed by atoms with Crippen molar-refractivity contribution < 1.29 is 22.8 Å². The summed E-state index contributed by atoms with van der Waals surface area (Å²) in [7, 11) is 0. The Morgan fingerprint density at radius 3 is 2.03 bits per heavy atom. The summed E-state index contributed by atoms with van der Waals surface area (Å²) >= 11 is 0. The second kappa shape index (κ2) is 6.42. The van der Waals surface area contributed by atoms with Crippen LogP contribution in [0.3, 0.4) is 0 Å². The first-order valence-electron chi connectivity index (χ1n) is 9.78. The van der Waals surface area contributed by atoms with Gasteiger partial charge in [-0.15, -0.1) is 0 Å². The Morgan fingerprint density at radius 2 is 1.47 bits per heavy atom. The number of halogens is 3. The molecule has 3 aliphatic rings. The number of carbonyl (C=O) groups excluding carboxylic acids is 2. The lowest BCUT2D eigenvalue weighted by molar-refractivity contribution is -0.137. The van der Waals surface area contributed by atoms with Gasteiger partial charge in [0.1, 0.15) is 0 Å². The molecule has 4 atom stereocenters. The third-order valence-electron chi connectivity index (χ3n) is 6.49. The minimum absolute atomic E-state index is 0.0149. The summed E-state index contributed by atoms with van der Waals surface area (Å²) < 4.78 is 39.3. The van der Waals surface area contributed by atoms with Crippen molar-refractivity contribution in [2.24, 2.45) is 23.7 Å². The van der Waals surface area contributed by atoms with Crippen molar-refractivity contribution in [3.63, 3.8) is 0 Å². The number of anilines is 1. The van der Waals surface area contributed by atoms with E-state index < -0.39 is 35.4 Å². The lowest BCUT2D eigenvalue weighted by atomic mass is 9.85. The van der Waals surface area contributed by atoms with E-state index in [1.54, 1.807) is 0 Å². The number of rotatable bonds is 2. The zero-order chi connectivity index (χ0) is 21.2. The fourth-order valence-electron chi connectivity index (χ4n) is 5.19. The number of alkyl halides is 3. The molecule has 1 aliphatic heterocycles. The Balaban J connectivity index is 1.53. The molecule has 30 heavy (non-hydrogen) atoms. The summed E-state index contributed by atoms with van der Waals surface area (Å²) in [5.41, 5.74) is 2.27. The van der Waals surface area contributed by atoms with Gasteiger partial charge in [-0.2, -0.15) is 13.2 Å². The standard InChI is InChI=1S/C24H18F3NO2/c1-13(14-6-3-2-4-7-14)19-17-10-11-18(19)21-20(17)22(29)28(23(21)30)16-9-5-8-15(12-16)24(25,26)27/h2-12,17-18,20-21H,1H3/t17-,18-,20+,21+/m1/s1. The largest absolute Gasteiger partial charge is 0.416 e. The Bertz CT molecular complexity index is 1080. The molecule has 2 fully saturated rings. The molecule has 0 aromatic heterocycles. The van der Waals surface area contributed by atoms with Crippen LogP contribution in [-0.4, -0.2) is 11.8 Å². The number of amides is 2. The van der Waals surface area contributed by atoms with Crippen molar-refractivity contribution in [2.75, 3.05) is 4.90 Å². The monoisotopic (exact) mass is 409 g/mol. The zero-order valence-corrected chi connectivity index (χ0v) is 16.1. The van der Waals surface area contributed by atoms with E-state index >= 15 is 0 Å². The maximum Gasteiger partial charge on any atom is 0.416 e. The van der Waals surface area contributed by atoms with Crippen LogP contribution in [0.15, 0.2) is 72.3 Å². The highest BCUT2D eigenvalue weighted by Gasteiger charge is 2.62. The molecule has 2 aliphatic carbocycles. The highest BCUT2D eigenvalue weighted by molar-refractivity contribution is 6.23. The van der Waals surface area contributed by atoms with Crippen molar-refractivity contribution in [3.05, 3.63) is 83.4 Å². The highest BCUT2D eigenvalue weighted by atomic mass is 19.4. The highest BCUT2D eigenvalue weighted by Crippen LogP contribution is 2.58. The topological polar surface area (TPSA) is 37.4 Å². The summed E-state index contributed by atoms with van der Waals surface area (Å²) in [6.45, 7) is 2.00. The average molecular weight is 409 g/mol. The molecule has 5 rings (SSSR count). The number of carbonyl (C=O) groups is 2. The van der Waals surface area contributed by atoms with Gasteiger partial charge in [0.2, 0.25) is 11.8 Å². The first-order valence-corrected chi connectivity index (χ1v) is 9.78. The summed E-state index contributed by atoms with van der Waals surface area (Å²) in [6.07, 6.45) is -0.607. The lowest BCUT2D eigenvalue weighted by Gasteiger charge is -2.21. The number of allylic oxidation sites excluding steroid dienone is 4. The van der Waals surface area contributed by atoms with Crippen LogP contribution in [0.2, 0.25) is 0 Å². The number of benzene rings is 2. The Morgan fingerprint density at radius 1 is 0.867 bits per heavy atom. The van der Waals surface area contributed by atoms with Gasteiger partial charge < -0.3 is 0 Å². The number of fused-ring (bicyclic) bond motifs is 5. The van der Waals surface area contributed by atoms with Gasteiger partial charge >= 0.3 is 6.18 Å². The van der Waals surface area contributed by atoms with Crippen LogP contribution < -0.4 is 4.90 Å². The third-order valence-corrected chi connectivity index (χ3v) is 6.49. The van der Waals surface area contributed by atoms with E-state index in [2.05, 4.69) is 0 Å². The Kier molecular flexibility index (Phi) is 4.04. The van der Waals surface area contributed by atoms with Crippen LogP contribution in [-0.2, 0) is 15.8 Å². The molecule has 3 nitrogen and oxygen atoms in total. The van der Waals surface area contributed by atoms with Crippen LogP contribution in [0.1, 0.15) is 18.1 Å². The molecule has 1 saturated carbocycles. The second-order valence-corrected chi connectivity index (χ2v) is 7.99. The van der Waals surface area contributed by atoms with Crippen LogP contribution in [0, 0.1) is 23.7 Å². The van der Waals surface area contributed by atoms with Crippen LogP contribution in [0.5, 0.6) is 0 Å². The molecule has 2 amide bonds. The number of imide groups is 1. The predicted octanol–water partition coefficient (Wildman–Crippen LogP) is 5.10. The summed E-state index contributed by atoms with van der Waals surface area (Å²) in [6, 6.07) is 14.2. The van der Waals surface area contributed by atoms with Gasteiger partial charge in [-0.05, 0) is 36.3 Å². The van der Waals surface area contributed by atoms with E-state index in [1.807, 2.05) is 49.4 Å². The summed E-state index contributed by atoms with van der Waals surface area (Å²) in [4.78, 5) is 27.4. The van der Waals surface area contributed by atoms with Gasteiger partial charge in [0.15, 0.2) is 0 Å². The molecule has 2 aromatic carbocycles. The maximum absolute atomic E-state index is 13.2. The quantitative estimate of drug-likeness (QED) is 0.511. The molecule has 0 N–H and O–H groups in total. The third kappa shape index (κ3) is 2.59. The smallest absolute Gasteiger partial charge is 0.274 e. The fraction of sp³-hybridized carbons (Fsp3) is 0.250. The normalized spacial score (nSPS) is 27.2. The SMILES string of the molecule is CC(=C1[C@H]2C=C[C@H]1[C@@H]1C(=O)N(c3cccc(C(F)(F)F)c3)C(=O)[C@H]12)c1ccccc1. The van der Waals surface area contributed by atoms with Crippen molar-refractivity contribution in [2.45, 2.75) is 13.1 Å². The number of hydrogen-bond donors (Lipinski definition) is 0. The Hall–Kier alpha value is -3.15. The van der Waals surface area contributed by atoms with Crippen LogP contribution >= 0.6 is 0 Å². The predicted molar refractivity (Wildman–Crippen MR) is 106 cm³/mol. The van der Waals surface area contributed by atoms with Crippen LogP contribution in [0.4, 0.5) is 18.9 Å². The van der Waals surface area contributed by atoms with E-state index in [9.17, 15) is 22.8 Å². The second-order valence-electron chi connectivity index (χ2n) is 7.99. The van der Waals surface area contributed by atoms with E-state index in [0.717, 1.165) is 33.7 Å². The van der Waals surface area contributed by atoms with E-state index in [0.29, 0.717) is 0 Å². The molecule has 0 spiro atoms. The maximum atomic E-state index is 13.2. The van der Waals surface area contributed by atoms with Crippen LogP contribution in [0.25, 0.3) is 5.57 Å². The van der Waals surface area contributed by atoms with Gasteiger partial charge in [0.05, 0.1) is 23.1 Å². The molecule has 2 bridgehead atoms. The number of hydrogen-bond acceptors (Lipinski definition) is 2. The summed E-state index contributed by atoms with van der Waals surface area (Å²) in [5.74, 6) is -2.36. The minimum atomic E-state index is -4.54. The van der Waals surface area contributed by atoms with Gasteiger partial charge in [0.25, 0.3) is 0 Å². The zero-order valence-electron chi connectivity index (χ0n) is 16.1. The van der Waals surface area contributed by atoms with Crippen molar-refractivity contribution in [1.29, 1.82) is 0 Å². The summed E-state index contributed by atoms with van der Waals surface area (Å²) in [5, 5.41) is 0. The van der Waals surface area contributed by atoms with Gasteiger partial charge in [0, 0.05) is 11.8 Å². The van der Waals surface area contributed by atoms with Crippen molar-refractivity contribution >= 4 is 23.1 Å². The first kappa shape index (κ1) is 18.9. The molecule has 0 unspecified atom stereocenters. The average Bonchev–Trinajstić information content (AvgIpc) is 3.37. The molecule has 1 saturated heterocycles. The van der Waals surface area contributed by atoms with E-state index in [-0.39, 0.29) is 17.5 Å². The van der Waals surface area contributed by atoms with E-state index in [4.69, 9.17) is 0 Å². The van der Waals surface area contributed by atoms with Gasteiger partial charge in [-0.25, -0.2) is 4.90 Å². The number of nitrogens with zero attached hydrogens (tertiary/aromatic N) is 1. The molecular weight excluding hydrogens is 391 g/mol. The Labute approximate surface area is 171 Å². The fourth-order valence-corrected chi connectivity index (χ4v) is 5.19. The van der Waals surface area contributed by atoms with Gasteiger partial charge in [-0.1, -0.05) is 54.1 Å². The molecular formula is C24H18F3NO2. The van der Waals surface area contributed by atoms with Gasteiger partial charge in [-0.3, -0.25) is 9.59 Å². The molecule has 1 heterocycles. The van der Waals surface area contributed by atoms with Crippen molar-refractivity contribution in [1.82, 2.24) is 0 Å². The van der Waals surface area contributed by atoms with E-state index in [1.165, 1.54) is 12.1 Å². The molecule has 0 radical (unpaired) electrons. The molecule has 6 heteroatoms.